The first-order chi connectivity index (χ1) is 14.0. The normalized spacial score (nSPS) is 13.0. The van der Waals surface area contributed by atoms with Gasteiger partial charge in [-0.3, -0.25) is 14.4 Å². The number of carbonyl (C=O) groups excluding carboxylic acids is 3. The first-order valence-electron chi connectivity index (χ1n) is 9.15. The van der Waals surface area contributed by atoms with Gasteiger partial charge in [-0.1, -0.05) is 36.4 Å². The highest BCUT2D eigenvalue weighted by molar-refractivity contribution is 6.02. The largest absolute Gasteiger partial charge is 0.456 e. The van der Waals surface area contributed by atoms with Crippen molar-refractivity contribution in [2.75, 3.05) is 18.5 Å². The molecule has 2 amide bonds. The number of benzene rings is 2. The Hall–Kier alpha value is -3.55. The van der Waals surface area contributed by atoms with E-state index in [1.165, 1.54) is 23.2 Å². The van der Waals surface area contributed by atoms with E-state index in [2.05, 4.69) is 10.4 Å². The topological polar surface area (TPSA) is 88.1 Å². The number of anilines is 1. The van der Waals surface area contributed by atoms with Crippen LogP contribution in [0.25, 0.3) is 0 Å². The van der Waals surface area contributed by atoms with Gasteiger partial charge in [-0.25, -0.2) is 9.40 Å². The summed E-state index contributed by atoms with van der Waals surface area (Å²) >= 11 is 0. The zero-order valence-corrected chi connectivity index (χ0v) is 15.6. The van der Waals surface area contributed by atoms with Gasteiger partial charge in [-0.15, -0.1) is 0 Å². The Balaban J connectivity index is 1.39. The summed E-state index contributed by atoms with van der Waals surface area (Å²) in [6.45, 7) is -0.0439. The van der Waals surface area contributed by atoms with Crippen LogP contribution in [0.5, 0.6) is 0 Å². The van der Waals surface area contributed by atoms with Crippen LogP contribution >= 0.6 is 0 Å². The number of amides is 2. The van der Waals surface area contributed by atoms with Crippen LogP contribution in [0, 0.1) is 5.82 Å². The van der Waals surface area contributed by atoms with Crippen molar-refractivity contribution >= 4 is 29.2 Å². The maximum atomic E-state index is 13.1. The zero-order chi connectivity index (χ0) is 20.6. The van der Waals surface area contributed by atoms with Gasteiger partial charge in [0.15, 0.2) is 6.61 Å². The molecule has 0 unspecified atom stereocenters. The predicted octanol–water partition coefficient (Wildman–Crippen LogP) is 2.72. The van der Waals surface area contributed by atoms with E-state index in [9.17, 15) is 18.8 Å². The average Bonchev–Trinajstić information content (AvgIpc) is 3.21. The van der Waals surface area contributed by atoms with Crippen molar-refractivity contribution in [3.8, 4) is 0 Å². The first-order valence-corrected chi connectivity index (χ1v) is 9.15. The lowest BCUT2D eigenvalue weighted by atomic mass is 10.1. The van der Waals surface area contributed by atoms with Gasteiger partial charge in [0.1, 0.15) is 5.82 Å². The molecule has 3 rings (SSSR count). The van der Waals surface area contributed by atoms with Gasteiger partial charge in [-0.2, -0.15) is 5.10 Å². The maximum Gasteiger partial charge on any atom is 0.306 e. The standard InChI is InChI=1S/C21H20FN3O4/c22-16-7-4-8-17(13-16)23-19(26)14-29-21(28)10-9-20(27)25-12-11-18(24-25)15-5-2-1-3-6-15/h1-8,13H,9-12,14H2,(H,23,26). The number of nitrogens with zero attached hydrogens (tertiary/aromatic N) is 2. The van der Waals surface area contributed by atoms with Gasteiger partial charge >= 0.3 is 5.97 Å². The summed E-state index contributed by atoms with van der Waals surface area (Å²) in [5.74, 6) is -2.03. The van der Waals surface area contributed by atoms with Crippen LogP contribution in [-0.4, -0.2) is 41.7 Å². The molecule has 1 heterocycles. The Labute approximate surface area is 167 Å². The predicted molar refractivity (Wildman–Crippen MR) is 105 cm³/mol. The molecule has 150 valence electrons. The van der Waals surface area contributed by atoms with Crippen LogP contribution in [0.15, 0.2) is 59.7 Å². The molecule has 1 aliphatic rings. The van der Waals surface area contributed by atoms with Crippen LogP contribution in [0.1, 0.15) is 24.8 Å². The van der Waals surface area contributed by atoms with E-state index < -0.39 is 24.3 Å². The Morgan fingerprint density at radius 1 is 1.07 bits per heavy atom. The van der Waals surface area contributed by atoms with Crippen molar-refractivity contribution in [2.45, 2.75) is 19.3 Å². The van der Waals surface area contributed by atoms with Gasteiger partial charge in [0.05, 0.1) is 18.7 Å². The molecule has 0 aliphatic carbocycles. The average molecular weight is 397 g/mol. The number of carbonyl (C=O) groups is 3. The summed E-state index contributed by atoms with van der Waals surface area (Å²) in [5, 5.41) is 8.09. The minimum absolute atomic E-state index is 0.0596. The SMILES string of the molecule is O=C(COC(=O)CCC(=O)N1CCC(c2ccccc2)=N1)Nc1cccc(F)c1. The molecular weight excluding hydrogens is 377 g/mol. The number of ether oxygens (including phenoxy) is 1. The summed E-state index contributed by atoms with van der Waals surface area (Å²) in [6.07, 6.45) is 0.440. The molecule has 8 heteroatoms. The third-order valence-corrected chi connectivity index (χ3v) is 4.21. The molecular formula is C21H20FN3O4. The van der Waals surface area contributed by atoms with E-state index in [1.54, 1.807) is 0 Å². The van der Waals surface area contributed by atoms with Crippen LogP contribution in [0.2, 0.25) is 0 Å². The van der Waals surface area contributed by atoms with Gasteiger partial charge < -0.3 is 10.1 Å². The van der Waals surface area contributed by atoms with Crippen LogP contribution in [0.4, 0.5) is 10.1 Å². The highest BCUT2D eigenvalue weighted by Crippen LogP contribution is 2.15. The third kappa shape index (κ3) is 5.97. The Morgan fingerprint density at radius 3 is 2.62 bits per heavy atom. The number of esters is 1. The van der Waals surface area contributed by atoms with Crippen molar-refractivity contribution in [1.82, 2.24) is 5.01 Å². The van der Waals surface area contributed by atoms with Gasteiger partial charge in [0.2, 0.25) is 5.91 Å². The summed E-state index contributed by atoms with van der Waals surface area (Å²) in [6, 6.07) is 14.9. The van der Waals surface area contributed by atoms with Crippen molar-refractivity contribution in [3.63, 3.8) is 0 Å². The molecule has 0 radical (unpaired) electrons. The number of hydrogen-bond donors (Lipinski definition) is 1. The van der Waals surface area contributed by atoms with E-state index in [-0.39, 0.29) is 24.4 Å². The minimum Gasteiger partial charge on any atom is -0.456 e. The second-order valence-corrected chi connectivity index (χ2v) is 6.40. The molecule has 0 aromatic heterocycles. The maximum absolute atomic E-state index is 13.1. The van der Waals surface area contributed by atoms with Crippen molar-refractivity contribution < 1.29 is 23.5 Å². The fourth-order valence-corrected chi connectivity index (χ4v) is 2.79. The molecule has 1 aliphatic heterocycles. The lowest BCUT2D eigenvalue weighted by molar-refractivity contribution is -0.148. The van der Waals surface area contributed by atoms with Gasteiger partial charge in [-0.05, 0) is 23.8 Å². The molecule has 7 nitrogen and oxygen atoms in total. The van der Waals surface area contributed by atoms with Crippen LogP contribution in [-0.2, 0) is 19.1 Å². The Morgan fingerprint density at radius 2 is 1.86 bits per heavy atom. The fraction of sp³-hybridized carbons (Fsp3) is 0.238. The first kappa shape index (κ1) is 20.2. The second-order valence-electron chi connectivity index (χ2n) is 6.40. The highest BCUT2D eigenvalue weighted by atomic mass is 19.1. The summed E-state index contributed by atoms with van der Waals surface area (Å²) in [7, 11) is 0. The smallest absolute Gasteiger partial charge is 0.306 e. The summed E-state index contributed by atoms with van der Waals surface area (Å²) in [5.41, 5.74) is 2.06. The molecule has 0 saturated heterocycles. The monoisotopic (exact) mass is 397 g/mol. The molecule has 0 bridgehead atoms. The second kappa shape index (κ2) is 9.59. The molecule has 0 fully saturated rings. The van der Waals surface area contributed by atoms with Crippen LogP contribution < -0.4 is 5.32 Å². The molecule has 2 aromatic rings. The molecule has 0 atom stereocenters. The summed E-state index contributed by atoms with van der Waals surface area (Å²) in [4.78, 5) is 35.8. The molecule has 2 aromatic carbocycles. The van der Waals surface area contributed by atoms with Crippen molar-refractivity contribution in [2.24, 2.45) is 5.10 Å². The number of nitrogens with one attached hydrogen (secondary N) is 1. The van der Waals surface area contributed by atoms with Crippen LogP contribution in [0.3, 0.4) is 0 Å². The number of hydrazone groups is 1. The fourth-order valence-electron chi connectivity index (χ4n) is 2.79. The Bertz CT molecular complexity index is 931. The molecule has 0 saturated carbocycles. The summed E-state index contributed by atoms with van der Waals surface area (Å²) < 4.78 is 17.9. The quantitative estimate of drug-likeness (QED) is 0.728. The van der Waals surface area contributed by atoms with Crippen molar-refractivity contribution in [1.29, 1.82) is 0 Å². The number of hydrogen-bond acceptors (Lipinski definition) is 5. The number of rotatable bonds is 7. The van der Waals surface area contributed by atoms with E-state index in [4.69, 9.17) is 4.74 Å². The third-order valence-electron chi connectivity index (χ3n) is 4.21. The molecule has 1 N–H and O–H groups in total. The lowest BCUT2D eigenvalue weighted by Crippen LogP contribution is -2.25. The highest BCUT2D eigenvalue weighted by Gasteiger charge is 2.22. The zero-order valence-electron chi connectivity index (χ0n) is 15.6. The van der Waals surface area contributed by atoms with Crippen molar-refractivity contribution in [3.05, 3.63) is 66.0 Å². The van der Waals surface area contributed by atoms with Gasteiger partial charge in [0, 0.05) is 18.5 Å². The van der Waals surface area contributed by atoms with E-state index in [0.717, 1.165) is 17.3 Å². The minimum atomic E-state index is -0.667. The lowest BCUT2D eigenvalue weighted by Gasteiger charge is -2.11. The van der Waals surface area contributed by atoms with E-state index >= 15 is 0 Å². The van der Waals surface area contributed by atoms with Gasteiger partial charge in [0.25, 0.3) is 5.91 Å². The van der Waals surface area contributed by atoms with E-state index in [0.29, 0.717) is 13.0 Å². The molecule has 29 heavy (non-hydrogen) atoms. The number of halogens is 1. The Kier molecular flexibility index (Phi) is 6.67. The van der Waals surface area contributed by atoms with E-state index in [1.807, 2.05) is 30.3 Å². The molecule has 0 spiro atoms.